The maximum atomic E-state index is 12.2. The number of amides is 1. The quantitative estimate of drug-likeness (QED) is 0.590. The van der Waals surface area contributed by atoms with Crippen LogP contribution in [-0.4, -0.2) is 41.7 Å². The Balaban J connectivity index is 2.22. The first-order valence-electron chi connectivity index (χ1n) is 6.24. The van der Waals surface area contributed by atoms with Crippen LogP contribution in [0.3, 0.4) is 0 Å². The smallest absolute Gasteiger partial charge is 0.264 e. The molecule has 0 bridgehead atoms. The summed E-state index contributed by atoms with van der Waals surface area (Å²) in [7, 11) is 1.91. The minimum Gasteiger partial charge on any atom is -0.378 e. The Labute approximate surface area is 112 Å². The summed E-state index contributed by atoms with van der Waals surface area (Å²) in [6, 6.07) is 5.86. The van der Waals surface area contributed by atoms with Crippen molar-refractivity contribution < 1.29 is 9.53 Å². The lowest BCUT2D eigenvalue weighted by molar-refractivity contribution is -0.130. The number of aryl methyl sites for hydroxylation is 1. The lowest BCUT2D eigenvalue weighted by Crippen LogP contribution is -2.41. The van der Waals surface area contributed by atoms with Crippen LogP contribution >= 0.6 is 0 Å². The Kier molecular flexibility index (Phi) is 4.03. The molecule has 1 aliphatic heterocycles. The van der Waals surface area contributed by atoms with E-state index in [9.17, 15) is 10.1 Å². The molecular formula is C14H17N3O2. The van der Waals surface area contributed by atoms with Gasteiger partial charge in [-0.2, -0.15) is 5.26 Å². The normalized spacial score (nSPS) is 16.3. The molecule has 2 rings (SSSR count). The average Bonchev–Trinajstić information content (AvgIpc) is 2.76. The lowest BCUT2D eigenvalue weighted by Gasteiger charge is -2.26. The number of nitrogens with zero attached hydrogens (tertiary/aromatic N) is 3. The highest BCUT2D eigenvalue weighted by Crippen LogP contribution is 2.13. The minimum absolute atomic E-state index is 0.170. The zero-order valence-corrected chi connectivity index (χ0v) is 11.2. The van der Waals surface area contributed by atoms with Gasteiger partial charge in [-0.1, -0.05) is 0 Å². The van der Waals surface area contributed by atoms with Crippen molar-refractivity contribution in [3.8, 4) is 6.07 Å². The summed E-state index contributed by atoms with van der Waals surface area (Å²) in [5.41, 5.74) is 2.11. The Hall–Kier alpha value is -2.06. The van der Waals surface area contributed by atoms with Crippen molar-refractivity contribution in [2.75, 3.05) is 26.3 Å². The number of aromatic nitrogens is 1. The van der Waals surface area contributed by atoms with Gasteiger partial charge in [-0.05, 0) is 25.1 Å². The highest BCUT2D eigenvalue weighted by atomic mass is 16.5. The molecule has 1 amide bonds. The van der Waals surface area contributed by atoms with Crippen LogP contribution in [0.25, 0.3) is 6.08 Å². The molecule has 19 heavy (non-hydrogen) atoms. The van der Waals surface area contributed by atoms with Crippen LogP contribution in [-0.2, 0) is 16.6 Å². The van der Waals surface area contributed by atoms with Crippen LogP contribution in [0.15, 0.2) is 17.7 Å². The van der Waals surface area contributed by atoms with Crippen molar-refractivity contribution in [2.45, 2.75) is 6.92 Å². The van der Waals surface area contributed by atoms with Gasteiger partial charge in [-0.25, -0.2) is 0 Å². The van der Waals surface area contributed by atoms with E-state index >= 15 is 0 Å². The number of nitriles is 1. The van der Waals surface area contributed by atoms with E-state index in [1.165, 1.54) is 0 Å². The third-order valence-electron chi connectivity index (χ3n) is 3.35. The second-order valence-electron chi connectivity index (χ2n) is 4.53. The van der Waals surface area contributed by atoms with Crippen molar-refractivity contribution in [1.82, 2.24) is 9.47 Å². The zero-order valence-electron chi connectivity index (χ0n) is 11.2. The maximum absolute atomic E-state index is 12.2. The number of carbonyl (C=O) groups excluding carboxylic acids is 1. The van der Waals surface area contributed by atoms with Crippen molar-refractivity contribution >= 4 is 12.0 Å². The van der Waals surface area contributed by atoms with Crippen LogP contribution in [0, 0.1) is 18.3 Å². The van der Waals surface area contributed by atoms with Crippen molar-refractivity contribution in [3.63, 3.8) is 0 Å². The van der Waals surface area contributed by atoms with Crippen LogP contribution in [0.4, 0.5) is 0 Å². The van der Waals surface area contributed by atoms with Gasteiger partial charge in [0.25, 0.3) is 5.91 Å². The molecule has 0 aliphatic carbocycles. The van der Waals surface area contributed by atoms with E-state index in [0.29, 0.717) is 26.3 Å². The summed E-state index contributed by atoms with van der Waals surface area (Å²) in [4.78, 5) is 13.9. The number of hydrogen-bond acceptors (Lipinski definition) is 3. The number of hydrogen-bond donors (Lipinski definition) is 0. The van der Waals surface area contributed by atoms with Crippen molar-refractivity contribution in [3.05, 3.63) is 29.1 Å². The number of ether oxygens (including phenoxy) is 1. The molecule has 100 valence electrons. The molecule has 1 aromatic heterocycles. The van der Waals surface area contributed by atoms with Gasteiger partial charge in [-0.3, -0.25) is 4.79 Å². The molecule has 0 spiro atoms. The van der Waals surface area contributed by atoms with E-state index in [1.54, 1.807) is 11.0 Å². The summed E-state index contributed by atoms with van der Waals surface area (Å²) in [6.45, 7) is 4.14. The SMILES string of the molecule is Cc1ccc(/C=C(/C#N)C(=O)N2CCOCC2)n1C. The molecule has 0 aromatic carbocycles. The highest BCUT2D eigenvalue weighted by molar-refractivity contribution is 6.01. The molecule has 1 aliphatic rings. The first-order valence-corrected chi connectivity index (χ1v) is 6.24. The molecule has 0 atom stereocenters. The molecule has 0 N–H and O–H groups in total. The first kappa shape index (κ1) is 13.4. The maximum Gasteiger partial charge on any atom is 0.264 e. The molecule has 0 saturated carbocycles. The van der Waals surface area contributed by atoms with Crippen LogP contribution < -0.4 is 0 Å². The number of morpholine rings is 1. The standard InChI is InChI=1S/C14H17N3O2/c1-11-3-4-13(16(11)2)9-12(10-15)14(18)17-5-7-19-8-6-17/h3-4,9H,5-8H2,1-2H3/b12-9-. The van der Waals surface area contributed by atoms with E-state index in [4.69, 9.17) is 4.74 Å². The minimum atomic E-state index is -0.218. The van der Waals surface area contributed by atoms with Crippen LogP contribution in [0.2, 0.25) is 0 Å². The molecule has 1 fully saturated rings. The molecule has 2 heterocycles. The number of rotatable bonds is 2. The van der Waals surface area contributed by atoms with Crippen LogP contribution in [0.1, 0.15) is 11.4 Å². The molecule has 5 heteroatoms. The number of carbonyl (C=O) groups is 1. The Bertz CT molecular complexity index is 546. The zero-order chi connectivity index (χ0) is 13.8. The second kappa shape index (κ2) is 5.72. The largest absolute Gasteiger partial charge is 0.378 e. The fourth-order valence-electron chi connectivity index (χ4n) is 2.00. The van der Waals surface area contributed by atoms with E-state index in [1.807, 2.05) is 36.7 Å². The fraction of sp³-hybridized carbons (Fsp3) is 0.429. The molecular weight excluding hydrogens is 242 g/mol. The van der Waals surface area contributed by atoms with E-state index in [-0.39, 0.29) is 11.5 Å². The van der Waals surface area contributed by atoms with Gasteiger partial charge in [0.1, 0.15) is 11.6 Å². The topological polar surface area (TPSA) is 58.3 Å². The first-order chi connectivity index (χ1) is 9.13. The Morgan fingerprint density at radius 3 is 2.63 bits per heavy atom. The summed E-state index contributed by atoms with van der Waals surface area (Å²) in [5, 5.41) is 9.18. The monoisotopic (exact) mass is 259 g/mol. The van der Waals surface area contributed by atoms with Gasteiger partial charge < -0.3 is 14.2 Å². The summed E-state index contributed by atoms with van der Waals surface area (Å²) in [6.07, 6.45) is 1.64. The van der Waals surface area contributed by atoms with Crippen molar-refractivity contribution in [2.24, 2.45) is 7.05 Å². The van der Waals surface area contributed by atoms with Gasteiger partial charge >= 0.3 is 0 Å². The molecule has 5 nitrogen and oxygen atoms in total. The molecule has 1 saturated heterocycles. The molecule has 1 aromatic rings. The Morgan fingerprint density at radius 2 is 2.11 bits per heavy atom. The predicted octanol–water partition coefficient (Wildman–Crippen LogP) is 1.10. The third kappa shape index (κ3) is 2.85. The van der Waals surface area contributed by atoms with Crippen LogP contribution in [0.5, 0.6) is 0 Å². The molecule has 0 unspecified atom stereocenters. The highest BCUT2D eigenvalue weighted by Gasteiger charge is 2.20. The lowest BCUT2D eigenvalue weighted by atomic mass is 10.2. The van der Waals surface area contributed by atoms with Gasteiger partial charge in [0, 0.05) is 31.5 Å². The van der Waals surface area contributed by atoms with Gasteiger partial charge in [0.05, 0.1) is 13.2 Å². The Morgan fingerprint density at radius 1 is 1.42 bits per heavy atom. The average molecular weight is 259 g/mol. The predicted molar refractivity (Wildman–Crippen MR) is 71.1 cm³/mol. The van der Waals surface area contributed by atoms with Gasteiger partial charge in [0.2, 0.25) is 0 Å². The van der Waals surface area contributed by atoms with E-state index < -0.39 is 0 Å². The van der Waals surface area contributed by atoms with Gasteiger partial charge in [0.15, 0.2) is 0 Å². The van der Waals surface area contributed by atoms with Crippen molar-refractivity contribution in [1.29, 1.82) is 5.26 Å². The van der Waals surface area contributed by atoms with E-state index in [2.05, 4.69) is 0 Å². The van der Waals surface area contributed by atoms with E-state index in [0.717, 1.165) is 11.4 Å². The summed E-state index contributed by atoms with van der Waals surface area (Å²) < 4.78 is 7.15. The third-order valence-corrected chi connectivity index (χ3v) is 3.35. The summed E-state index contributed by atoms with van der Waals surface area (Å²) >= 11 is 0. The van der Waals surface area contributed by atoms with Gasteiger partial charge in [-0.15, -0.1) is 0 Å². The fourth-order valence-corrected chi connectivity index (χ4v) is 2.00. The molecule has 0 radical (unpaired) electrons. The summed E-state index contributed by atoms with van der Waals surface area (Å²) in [5.74, 6) is -0.218. The second-order valence-corrected chi connectivity index (χ2v) is 4.53.